The number of amides is 1. The molecule has 0 aliphatic carbocycles. The molecule has 162 valence electrons. The minimum Gasteiger partial charge on any atom is -0.324 e. The van der Waals surface area contributed by atoms with E-state index in [0.717, 1.165) is 22.4 Å². The number of alkyl halides is 3. The third-order valence-corrected chi connectivity index (χ3v) is 5.30. The Morgan fingerprint density at radius 1 is 1.23 bits per heavy atom. The average molecular weight is 471 g/mol. The molecular weight excluding hydrogens is 457 g/mol. The van der Waals surface area contributed by atoms with Gasteiger partial charge in [-0.15, -0.1) is 0 Å². The van der Waals surface area contributed by atoms with E-state index in [4.69, 9.17) is 11.6 Å². The molecule has 31 heavy (non-hydrogen) atoms. The zero-order valence-corrected chi connectivity index (χ0v) is 17.2. The number of non-ortho nitro benzene ring substituents is 1. The van der Waals surface area contributed by atoms with Crippen molar-refractivity contribution < 1.29 is 22.9 Å². The molecule has 0 spiro atoms. The molecule has 3 aromatic rings. The lowest BCUT2D eigenvalue weighted by Gasteiger charge is -2.14. The van der Waals surface area contributed by atoms with Crippen molar-refractivity contribution in [2.75, 3.05) is 11.1 Å². The first kappa shape index (κ1) is 22.6. The number of carbonyl (C=O) groups excluding carboxylic acids is 1. The van der Waals surface area contributed by atoms with Crippen molar-refractivity contribution in [2.45, 2.75) is 17.9 Å². The average Bonchev–Trinajstić information content (AvgIpc) is 3.09. The highest BCUT2D eigenvalue weighted by Crippen LogP contribution is 2.31. The number of rotatable bonds is 7. The second-order valence-electron chi connectivity index (χ2n) is 6.25. The molecule has 0 radical (unpaired) electrons. The summed E-state index contributed by atoms with van der Waals surface area (Å²) in [5.74, 6) is -0.792. The van der Waals surface area contributed by atoms with E-state index in [1.807, 2.05) is 0 Å². The summed E-state index contributed by atoms with van der Waals surface area (Å²) in [5.41, 5.74) is 0.758. The molecular formula is C19H14ClF3N4O3S. The Hall–Kier alpha value is -3.05. The second kappa shape index (κ2) is 9.40. The number of carbonyl (C=O) groups is 1. The van der Waals surface area contributed by atoms with Gasteiger partial charge in [-0.2, -0.15) is 13.2 Å². The number of aromatic nitrogens is 2. The van der Waals surface area contributed by atoms with Crippen molar-refractivity contribution in [3.63, 3.8) is 0 Å². The first-order valence-electron chi connectivity index (χ1n) is 8.68. The predicted molar refractivity (Wildman–Crippen MR) is 111 cm³/mol. The van der Waals surface area contributed by atoms with Gasteiger partial charge in [0, 0.05) is 12.1 Å². The standard InChI is InChI=1S/C19H14ClF3N4O3S/c20-14-8-13(27(29)30)6-7-15(14)25-17(28)10-31-18-24-9-16(12-4-2-1-3-5-12)26(18)11-19(21,22)23/h1-9H,10-11H2,(H,25,28). The van der Waals surface area contributed by atoms with Gasteiger partial charge < -0.3 is 9.88 Å². The molecule has 1 aromatic heterocycles. The molecule has 1 amide bonds. The molecule has 0 saturated carbocycles. The van der Waals surface area contributed by atoms with Gasteiger partial charge in [0.2, 0.25) is 5.91 Å². The zero-order valence-electron chi connectivity index (χ0n) is 15.6. The first-order chi connectivity index (χ1) is 14.6. The molecule has 1 heterocycles. The molecule has 7 nitrogen and oxygen atoms in total. The molecule has 12 heteroatoms. The molecule has 0 saturated heterocycles. The molecule has 0 bridgehead atoms. The fourth-order valence-corrected chi connectivity index (χ4v) is 3.68. The van der Waals surface area contributed by atoms with Crippen LogP contribution in [0.2, 0.25) is 5.02 Å². The van der Waals surface area contributed by atoms with Crippen molar-refractivity contribution in [2.24, 2.45) is 0 Å². The van der Waals surface area contributed by atoms with Gasteiger partial charge in [-0.3, -0.25) is 14.9 Å². The molecule has 2 aromatic carbocycles. The molecule has 0 atom stereocenters. The van der Waals surface area contributed by atoms with E-state index in [2.05, 4.69) is 10.3 Å². The normalized spacial score (nSPS) is 11.4. The van der Waals surface area contributed by atoms with E-state index in [0.29, 0.717) is 5.56 Å². The van der Waals surface area contributed by atoms with E-state index >= 15 is 0 Å². The molecule has 0 aliphatic heterocycles. The lowest BCUT2D eigenvalue weighted by atomic mass is 10.2. The highest BCUT2D eigenvalue weighted by atomic mass is 35.5. The van der Waals surface area contributed by atoms with Crippen LogP contribution in [0.5, 0.6) is 0 Å². The van der Waals surface area contributed by atoms with Crippen LogP contribution in [0.4, 0.5) is 24.5 Å². The van der Waals surface area contributed by atoms with Crippen LogP contribution < -0.4 is 5.32 Å². The lowest BCUT2D eigenvalue weighted by molar-refractivity contribution is -0.384. The van der Waals surface area contributed by atoms with Crippen molar-refractivity contribution in [3.05, 3.63) is 69.9 Å². The van der Waals surface area contributed by atoms with Crippen LogP contribution in [0, 0.1) is 10.1 Å². The van der Waals surface area contributed by atoms with Gasteiger partial charge in [0.1, 0.15) is 6.54 Å². The molecule has 0 unspecified atom stereocenters. The minimum absolute atomic E-state index is 0.0288. The number of anilines is 1. The number of nitrogens with one attached hydrogen (secondary N) is 1. The lowest BCUT2D eigenvalue weighted by Crippen LogP contribution is -2.20. The largest absolute Gasteiger partial charge is 0.406 e. The number of hydrogen-bond donors (Lipinski definition) is 1. The summed E-state index contributed by atoms with van der Waals surface area (Å²) in [7, 11) is 0. The summed E-state index contributed by atoms with van der Waals surface area (Å²) in [6, 6.07) is 12.0. The number of halogens is 4. The van der Waals surface area contributed by atoms with Crippen LogP contribution in [0.25, 0.3) is 11.3 Å². The Morgan fingerprint density at radius 3 is 2.55 bits per heavy atom. The fourth-order valence-electron chi connectivity index (χ4n) is 2.68. The van der Waals surface area contributed by atoms with E-state index in [1.54, 1.807) is 30.3 Å². The smallest absolute Gasteiger partial charge is 0.324 e. The maximum absolute atomic E-state index is 13.1. The quantitative estimate of drug-likeness (QED) is 0.283. The first-order valence-corrected chi connectivity index (χ1v) is 10.0. The molecule has 1 N–H and O–H groups in total. The Labute approximate surface area is 183 Å². The number of nitro groups is 1. The highest BCUT2D eigenvalue weighted by molar-refractivity contribution is 7.99. The Kier molecular flexibility index (Phi) is 6.86. The SMILES string of the molecule is O=C(CSc1ncc(-c2ccccc2)n1CC(F)(F)F)Nc1ccc([N+](=O)[O-])cc1Cl. The van der Waals surface area contributed by atoms with Crippen molar-refractivity contribution in [1.82, 2.24) is 9.55 Å². The number of nitro benzene ring substituents is 1. The summed E-state index contributed by atoms with van der Waals surface area (Å²) in [6.45, 7) is -1.25. The van der Waals surface area contributed by atoms with Crippen LogP contribution in [0.3, 0.4) is 0 Å². The van der Waals surface area contributed by atoms with Gasteiger partial charge in [-0.1, -0.05) is 53.7 Å². The fraction of sp³-hybridized carbons (Fsp3) is 0.158. The van der Waals surface area contributed by atoms with Crippen LogP contribution >= 0.6 is 23.4 Å². The van der Waals surface area contributed by atoms with Crippen LogP contribution in [0.15, 0.2) is 59.9 Å². The van der Waals surface area contributed by atoms with Gasteiger partial charge in [0.25, 0.3) is 5.69 Å². The Morgan fingerprint density at radius 2 is 1.94 bits per heavy atom. The summed E-state index contributed by atoms with van der Waals surface area (Å²) in [4.78, 5) is 26.4. The number of imidazole rings is 1. The van der Waals surface area contributed by atoms with Gasteiger partial charge in [0.15, 0.2) is 5.16 Å². The molecule has 3 rings (SSSR count). The van der Waals surface area contributed by atoms with Gasteiger partial charge >= 0.3 is 6.18 Å². The summed E-state index contributed by atoms with van der Waals surface area (Å²) in [5, 5.41) is 13.2. The van der Waals surface area contributed by atoms with E-state index in [-0.39, 0.29) is 33.0 Å². The maximum atomic E-state index is 13.1. The topological polar surface area (TPSA) is 90.1 Å². The van der Waals surface area contributed by atoms with Crippen molar-refractivity contribution in [3.8, 4) is 11.3 Å². The maximum Gasteiger partial charge on any atom is 0.406 e. The van der Waals surface area contributed by atoms with Crippen LogP contribution in [0.1, 0.15) is 0 Å². The van der Waals surface area contributed by atoms with Gasteiger partial charge in [-0.05, 0) is 11.6 Å². The number of hydrogen-bond acceptors (Lipinski definition) is 5. The summed E-state index contributed by atoms with van der Waals surface area (Å²) in [6.07, 6.45) is -3.15. The Bertz CT molecular complexity index is 1110. The van der Waals surface area contributed by atoms with Crippen molar-refractivity contribution in [1.29, 1.82) is 0 Å². The predicted octanol–water partition coefficient (Wildman–Crippen LogP) is 5.40. The summed E-state index contributed by atoms with van der Waals surface area (Å²) < 4.78 is 40.4. The third kappa shape index (κ3) is 5.98. The van der Waals surface area contributed by atoms with E-state index < -0.39 is 23.6 Å². The third-order valence-electron chi connectivity index (χ3n) is 4.00. The van der Waals surface area contributed by atoms with Gasteiger partial charge in [-0.25, -0.2) is 4.98 Å². The zero-order chi connectivity index (χ0) is 22.6. The number of benzene rings is 2. The minimum atomic E-state index is -4.48. The van der Waals surface area contributed by atoms with Gasteiger partial charge in [0.05, 0.1) is 33.3 Å². The van der Waals surface area contributed by atoms with Crippen LogP contribution in [-0.2, 0) is 11.3 Å². The van der Waals surface area contributed by atoms with Crippen LogP contribution in [-0.4, -0.2) is 32.3 Å². The highest BCUT2D eigenvalue weighted by Gasteiger charge is 2.31. The van der Waals surface area contributed by atoms with E-state index in [1.165, 1.54) is 18.3 Å². The van der Waals surface area contributed by atoms with Crippen molar-refractivity contribution >= 4 is 40.6 Å². The monoisotopic (exact) mass is 470 g/mol. The summed E-state index contributed by atoms with van der Waals surface area (Å²) >= 11 is 6.77. The number of nitrogens with zero attached hydrogens (tertiary/aromatic N) is 3. The molecule has 0 aliphatic rings. The number of thioether (sulfide) groups is 1. The molecule has 0 fully saturated rings. The van der Waals surface area contributed by atoms with E-state index in [9.17, 15) is 28.1 Å². The Balaban J connectivity index is 1.74. The second-order valence-corrected chi connectivity index (χ2v) is 7.60.